The zero-order valence-electron chi connectivity index (χ0n) is 12.1. The summed E-state index contributed by atoms with van der Waals surface area (Å²) < 4.78 is 12.1. The molecule has 1 unspecified atom stereocenters. The number of hydrogen-bond donors (Lipinski definition) is 0. The van der Waals surface area contributed by atoms with Crippen LogP contribution in [0.15, 0.2) is 22.7 Å². The normalized spacial score (nSPS) is 23.2. The monoisotopic (exact) mass is 360 g/mol. The van der Waals surface area contributed by atoms with Crippen molar-refractivity contribution in [2.24, 2.45) is 5.92 Å². The Bertz CT molecular complexity index is 432. The molecule has 0 aromatic heterocycles. The van der Waals surface area contributed by atoms with Crippen LogP contribution >= 0.6 is 27.5 Å². The van der Waals surface area contributed by atoms with Gasteiger partial charge < -0.3 is 9.47 Å². The summed E-state index contributed by atoms with van der Waals surface area (Å²) in [6.07, 6.45) is 3.77. The third-order valence-electron chi connectivity index (χ3n) is 3.75. The highest BCUT2D eigenvalue weighted by molar-refractivity contribution is 9.10. The molecule has 1 aliphatic carbocycles. The second-order valence-electron chi connectivity index (χ2n) is 5.24. The van der Waals surface area contributed by atoms with Gasteiger partial charge in [-0.3, -0.25) is 0 Å². The molecule has 0 saturated heterocycles. The lowest BCUT2D eigenvalue weighted by atomic mass is 9.78. The smallest absolute Gasteiger partial charge is 0.133 e. The van der Waals surface area contributed by atoms with Crippen molar-refractivity contribution in [2.75, 3.05) is 13.2 Å². The van der Waals surface area contributed by atoms with E-state index in [1.807, 2.05) is 13.0 Å². The fourth-order valence-electron chi connectivity index (χ4n) is 2.65. The maximum absolute atomic E-state index is 6.54. The Labute approximate surface area is 134 Å². The second-order valence-corrected chi connectivity index (χ2v) is 6.62. The van der Waals surface area contributed by atoms with Gasteiger partial charge in [0.25, 0.3) is 0 Å². The van der Waals surface area contributed by atoms with Crippen LogP contribution in [-0.2, 0) is 4.74 Å². The van der Waals surface area contributed by atoms with E-state index in [4.69, 9.17) is 21.1 Å². The first-order valence-electron chi connectivity index (χ1n) is 7.31. The first kappa shape index (κ1) is 16.1. The average Bonchev–Trinajstić information content (AvgIpc) is 2.38. The minimum atomic E-state index is 0.0644. The lowest BCUT2D eigenvalue weighted by molar-refractivity contribution is -0.0267. The van der Waals surface area contributed by atoms with Gasteiger partial charge in [-0.15, -0.1) is 11.6 Å². The minimum Gasteiger partial charge on any atom is -0.493 e. The highest BCUT2D eigenvalue weighted by Gasteiger charge is 2.31. The molecule has 1 aromatic carbocycles. The lowest BCUT2D eigenvalue weighted by Gasteiger charge is -2.36. The van der Waals surface area contributed by atoms with E-state index in [-0.39, 0.29) is 5.38 Å². The highest BCUT2D eigenvalue weighted by atomic mass is 79.9. The van der Waals surface area contributed by atoms with Crippen molar-refractivity contribution in [3.63, 3.8) is 0 Å². The van der Waals surface area contributed by atoms with Crippen molar-refractivity contribution in [1.29, 1.82) is 0 Å². The Balaban J connectivity index is 1.87. The maximum atomic E-state index is 6.54. The van der Waals surface area contributed by atoms with Gasteiger partial charge in [-0.05, 0) is 72.7 Å². The molecule has 2 rings (SSSR count). The SMILES string of the molecule is CCOc1ccc(C(Cl)CC2CC(OCC)C2)cc1Br. The zero-order chi connectivity index (χ0) is 14.5. The molecule has 112 valence electrons. The van der Waals surface area contributed by atoms with Gasteiger partial charge in [0.15, 0.2) is 0 Å². The van der Waals surface area contributed by atoms with Crippen molar-refractivity contribution < 1.29 is 9.47 Å². The fraction of sp³-hybridized carbons (Fsp3) is 0.625. The zero-order valence-corrected chi connectivity index (χ0v) is 14.4. The molecule has 1 atom stereocenters. The van der Waals surface area contributed by atoms with E-state index in [1.165, 1.54) is 0 Å². The van der Waals surface area contributed by atoms with E-state index >= 15 is 0 Å². The van der Waals surface area contributed by atoms with Crippen molar-refractivity contribution in [2.45, 2.75) is 44.6 Å². The van der Waals surface area contributed by atoms with Crippen molar-refractivity contribution >= 4 is 27.5 Å². The maximum Gasteiger partial charge on any atom is 0.133 e. The summed E-state index contributed by atoms with van der Waals surface area (Å²) in [7, 11) is 0. The number of benzene rings is 1. The lowest BCUT2D eigenvalue weighted by Crippen LogP contribution is -2.31. The molecular weight excluding hydrogens is 340 g/mol. The summed E-state index contributed by atoms with van der Waals surface area (Å²) in [5.74, 6) is 1.57. The number of rotatable bonds is 7. The minimum absolute atomic E-state index is 0.0644. The van der Waals surface area contributed by atoms with Gasteiger partial charge in [-0.25, -0.2) is 0 Å². The largest absolute Gasteiger partial charge is 0.493 e. The molecule has 1 aliphatic rings. The van der Waals surface area contributed by atoms with E-state index in [0.29, 0.717) is 18.6 Å². The Morgan fingerprint density at radius 2 is 2.05 bits per heavy atom. The van der Waals surface area contributed by atoms with Crippen molar-refractivity contribution in [3.8, 4) is 5.75 Å². The Morgan fingerprint density at radius 1 is 1.30 bits per heavy atom. The molecule has 0 amide bonds. The molecule has 1 saturated carbocycles. The molecule has 0 heterocycles. The molecule has 20 heavy (non-hydrogen) atoms. The van der Waals surface area contributed by atoms with Gasteiger partial charge in [0.2, 0.25) is 0 Å². The molecule has 0 N–H and O–H groups in total. The van der Waals surface area contributed by atoms with E-state index in [0.717, 1.165) is 41.7 Å². The van der Waals surface area contributed by atoms with Crippen LogP contribution in [0.5, 0.6) is 5.75 Å². The van der Waals surface area contributed by atoms with Crippen LogP contribution in [0.4, 0.5) is 0 Å². The van der Waals surface area contributed by atoms with E-state index in [1.54, 1.807) is 0 Å². The van der Waals surface area contributed by atoms with Crippen LogP contribution in [0, 0.1) is 5.92 Å². The van der Waals surface area contributed by atoms with Gasteiger partial charge in [-0.1, -0.05) is 6.07 Å². The predicted octanol–water partition coefficient (Wildman–Crippen LogP) is 5.33. The van der Waals surface area contributed by atoms with Crippen LogP contribution in [0.1, 0.15) is 44.1 Å². The molecule has 1 aromatic rings. The fourth-order valence-corrected chi connectivity index (χ4v) is 3.55. The van der Waals surface area contributed by atoms with Gasteiger partial charge in [0.05, 0.1) is 22.6 Å². The van der Waals surface area contributed by atoms with Crippen LogP contribution in [0.2, 0.25) is 0 Å². The Kier molecular flexibility index (Phi) is 6.19. The van der Waals surface area contributed by atoms with E-state index in [9.17, 15) is 0 Å². The summed E-state index contributed by atoms with van der Waals surface area (Å²) in [4.78, 5) is 0. The molecule has 2 nitrogen and oxygen atoms in total. The number of halogens is 2. The quantitative estimate of drug-likeness (QED) is 0.611. The highest BCUT2D eigenvalue weighted by Crippen LogP contribution is 2.40. The summed E-state index contributed by atoms with van der Waals surface area (Å²) in [6.45, 7) is 5.52. The first-order chi connectivity index (χ1) is 9.63. The molecular formula is C16H22BrClO2. The second kappa shape index (κ2) is 7.67. The standard InChI is InChI=1S/C16H22BrClO2/c1-3-19-13-7-11(8-13)9-15(18)12-5-6-16(20-4-2)14(17)10-12/h5-6,10-11,13,15H,3-4,7-9H2,1-2H3. The topological polar surface area (TPSA) is 18.5 Å². The predicted molar refractivity (Wildman–Crippen MR) is 86.7 cm³/mol. The number of alkyl halides is 1. The van der Waals surface area contributed by atoms with Crippen LogP contribution in [-0.4, -0.2) is 19.3 Å². The van der Waals surface area contributed by atoms with Gasteiger partial charge in [-0.2, -0.15) is 0 Å². The average molecular weight is 362 g/mol. The van der Waals surface area contributed by atoms with Crippen LogP contribution < -0.4 is 4.74 Å². The third kappa shape index (κ3) is 4.12. The summed E-state index contributed by atoms with van der Waals surface area (Å²) >= 11 is 10.1. The summed E-state index contributed by atoms with van der Waals surface area (Å²) in [5.41, 5.74) is 1.15. The van der Waals surface area contributed by atoms with Gasteiger partial charge in [0, 0.05) is 6.61 Å². The Morgan fingerprint density at radius 3 is 2.65 bits per heavy atom. The molecule has 0 radical (unpaired) electrons. The van der Waals surface area contributed by atoms with E-state index < -0.39 is 0 Å². The van der Waals surface area contributed by atoms with Gasteiger partial charge >= 0.3 is 0 Å². The molecule has 4 heteroatoms. The number of hydrogen-bond acceptors (Lipinski definition) is 2. The van der Waals surface area contributed by atoms with Gasteiger partial charge in [0.1, 0.15) is 5.75 Å². The Hall–Kier alpha value is -0.250. The molecule has 0 bridgehead atoms. The molecule has 1 fully saturated rings. The summed E-state index contributed by atoms with van der Waals surface area (Å²) in [6, 6.07) is 6.12. The first-order valence-corrected chi connectivity index (χ1v) is 8.54. The molecule has 0 spiro atoms. The van der Waals surface area contributed by atoms with Crippen LogP contribution in [0.3, 0.4) is 0 Å². The number of ether oxygens (including phenoxy) is 2. The summed E-state index contributed by atoms with van der Waals surface area (Å²) in [5, 5.41) is 0.0644. The van der Waals surface area contributed by atoms with Crippen LogP contribution in [0.25, 0.3) is 0 Å². The third-order valence-corrected chi connectivity index (χ3v) is 4.80. The van der Waals surface area contributed by atoms with Crippen molar-refractivity contribution in [3.05, 3.63) is 28.2 Å². The van der Waals surface area contributed by atoms with Crippen molar-refractivity contribution in [1.82, 2.24) is 0 Å². The molecule has 0 aliphatic heterocycles. The van der Waals surface area contributed by atoms with E-state index in [2.05, 4.69) is 35.0 Å².